The number of esters is 1. The number of carbonyl (C=O) groups is 1. The van der Waals surface area contributed by atoms with E-state index in [1.54, 1.807) is 18.2 Å². The predicted octanol–water partition coefficient (Wildman–Crippen LogP) is 5.86. The van der Waals surface area contributed by atoms with Crippen LogP contribution in [0.15, 0.2) is 35.9 Å². The van der Waals surface area contributed by atoms with Crippen LogP contribution in [-0.4, -0.2) is 32.0 Å². The monoisotopic (exact) mass is 460 g/mol. The zero-order chi connectivity index (χ0) is 22.1. The Morgan fingerprint density at radius 3 is 2.50 bits per heavy atom. The average Bonchev–Trinajstić information content (AvgIpc) is 2.67. The molecule has 0 spiro atoms. The first-order valence-corrected chi connectivity index (χ1v) is 9.66. The summed E-state index contributed by atoms with van der Waals surface area (Å²) in [7, 11) is 1.49. The van der Waals surface area contributed by atoms with Crippen LogP contribution in [0, 0.1) is 0 Å². The van der Waals surface area contributed by atoms with E-state index in [4.69, 9.17) is 37.4 Å². The molecule has 0 aromatic heterocycles. The minimum Gasteiger partial charge on any atom is -0.495 e. The SMILES string of the molecule is CCOC(=O)C1=Cc2cc(Cl)c(Cc3ccc(OC)c(Cl)c3)cc2OC1C(F)(F)F. The van der Waals surface area contributed by atoms with Gasteiger partial charge < -0.3 is 14.2 Å². The van der Waals surface area contributed by atoms with Gasteiger partial charge >= 0.3 is 12.1 Å². The van der Waals surface area contributed by atoms with E-state index in [2.05, 4.69) is 0 Å². The van der Waals surface area contributed by atoms with Crippen molar-refractivity contribution >= 4 is 35.2 Å². The number of rotatable bonds is 5. The molecule has 1 unspecified atom stereocenters. The number of methoxy groups -OCH3 is 1. The Hall–Kier alpha value is -2.38. The molecular formula is C21H17Cl2F3O4. The van der Waals surface area contributed by atoms with Crippen molar-refractivity contribution in [3.8, 4) is 11.5 Å². The van der Waals surface area contributed by atoms with Gasteiger partial charge in [0.25, 0.3) is 0 Å². The molecule has 0 saturated carbocycles. The third-order valence-corrected chi connectivity index (χ3v) is 5.08. The van der Waals surface area contributed by atoms with Crippen molar-refractivity contribution in [3.63, 3.8) is 0 Å². The first-order valence-electron chi connectivity index (χ1n) is 8.91. The highest BCUT2D eigenvalue weighted by Gasteiger charge is 2.48. The van der Waals surface area contributed by atoms with Crippen LogP contribution in [0.4, 0.5) is 13.2 Å². The molecule has 1 aliphatic rings. The van der Waals surface area contributed by atoms with Gasteiger partial charge in [-0.3, -0.25) is 0 Å². The van der Waals surface area contributed by atoms with E-state index in [-0.39, 0.29) is 17.9 Å². The topological polar surface area (TPSA) is 44.8 Å². The minimum atomic E-state index is -4.79. The molecule has 9 heteroatoms. The van der Waals surface area contributed by atoms with Crippen LogP contribution in [0.2, 0.25) is 10.0 Å². The summed E-state index contributed by atoms with van der Waals surface area (Å²) in [6.45, 7) is 1.45. The molecule has 0 saturated heterocycles. The largest absolute Gasteiger partial charge is 0.495 e. The van der Waals surface area contributed by atoms with E-state index in [0.717, 1.165) is 11.6 Å². The Morgan fingerprint density at radius 1 is 1.17 bits per heavy atom. The van der Waals surface area contributed by atoms with Crippen LogP contribution in [0.1, 0.15) is 23.6 Å². The zero-order valence-electron chi connectivity index (χ0n) is 16.0. The quantitative estimate of drug-likeness (QED) is 0.524. The second kappa shape index (κ2) is 8.78. The number of fused-ring (bicyclic) bond motifs is 1. The molecule has 4 nitrogen and oxygen atoms in total. The molecule has 3 rings (SSSR count). The lowest BCUT2D eigenvalue weighted by Gasteiger charge is -2.28. The molecule has 0 N–H and O–H groups in total. The van der Waals surface area contributed by atoms with Gasteiger partial charge in [0.1, 0.15) is 11.5 Å². The van der Waals surface area contributed by atoms with Crippen LogP contribution in [0.25, 0.3) is 6.08 Å². The predicted molar refractivity (Wildman–Crippen MR) is 107 cm³/mol. The van der Waals surface area contributed by atoms with Gasteiger partial charge in [0.15, 0.2) is 0 Å². The molecule has 1 aliphatic heterocycles. The highest BCUT2D eigenvalue weighted by molar-refractivity contribution is 6.32. The number of halogens is 5. The summed E-state index contributed by atoms with van der Waals surface area (Å²) in [4.78, 5) is 12.0. The van der Waals surface area contributed by atoms with Gasteiger partial charge in [-0.05, 0) is 54.8 Å². The lowest BCUT2D eigenvalue weighted by Crippen LogP contribution is -2.40. The standard InChI is InChI=1S/C21H17Cl2F3O4/c1-3-29-20(27)14-8-13-9-15(22)12(10-18(13)30-19(14)21(24,25)26)6-11-4-5-17(28-2)16(23)7-11/h4-5,7-10,19H,3,6H2,1-2H3. The van der Waals surface area contributed by atoms with Crippen molar-refractivity contribution in [2.75, 3.05) is 13.7 Å². The van der Waals surface area contributed by atoms with Crippen molar-refractivity contribution in [1.29, 1.82) is 0 Å². The fourth-order valence-electron chi connectivity index (χ4n) is 3.06. The van der Waals surface area contributed by atoms with Gasteiger partial charge in [0.2, 0.25) is 6.10 Å². The Morgan fingerprint density at radius 2 is 1.90 bits per heavy atom. The molecule has 30 heavy (non-hydrogen) atoms. The molecule has 2 aromatic rings. The molecule has 0 fully saturated rings. The summed E-state index contributed by atoms with van der Waals surface area (Å²) >= 11 is 12.5. The normalized spacial score (nSPS) is 15.7. The van der Waals surface area contributed by atoms with Crippen LogP contribution >= 0.6 is 23.2 Å². The molecule has 2 aromatic carbocycles. The fraction of sp³-hybridized carbons (Fsp3) is 0.286. The first-order chi connectivity index (χ1) is 14.1. The number of carbonyl (C=O) groups excluding carboxylic acids is 1. The summed E-state index contributed by atoms with van der Waals surface area (Å²) in [5.41, 5.74) is 0.974. The number of alkyl halides is 3. The van der Waals surface area contributed by atoms with Gasteiger partial charge in [-0.2, -0.15) is 13.2 Å². The minimum absolute atomic E-state index is 0.0237. The summed E-state index contributed by atoms with van der Waals surface area (Å²) in [6.07, 6.45) is -5.80. The number of ether oxygens (including phenoxy) is 3. The Labute approximate surface area is 181 Å². The summed E-state index contributed by atoms with van der Waals surface area (Å²) in [5.74, 6) is -0.604. The van der Waals surface area contributed by atoms with E-state index < -0.39 is 23.8 Å². The van der Waals surface area contributed by atoms with E-state index in [1.165, 1.54) is 26.2 Å². The number of hydrogen-bond acceptors (Lipinski definition) is 4. The molecule has 0 aliphatic carbocycles. The number of benzene rings is 2. The van der Waals surface area contributed by atoms with Crippen molar-refractivity contribution in [2.45, 2.75) is 25.6 Å². The van der Waals surface area contributed by atoms with Gasteiger partial charge in [-0.25, -0.2) is 4.79 Å². The highest BCUT2D eigenvalue weighted by Crippen LogP contribution is 2.40. The van der Waals surface area contributed by atoms with E-state index >= 15 is 0 Å². The van der Waals surface area contributed by atoms with Crippen LogP contribution in [0.3, 0.4) is 0 Å². The summed E-state index contributed by atoms with van der Waals surface area (Å²) in [5, 5.41) is 0.716. The smallest absolute Gasteiger partial charge is 0.430 e. The maximum atomic E-state index is 13.5. The van der Waals surface area contributed by atoms with E-state index in [0.29, 0.717) is 27.8 Å². The van der Waals surface area contributed by atoms with Crippen molar-refractivity contribution in [2.24, 2.45) is 0 Å². The van der Waals surface area contributed by atoms with Crippen LogP contribution in [0.5, 0.6) is 11.5 Å². The van der Waals surface area contributed by atoms with Crippen molar-refractivity contribution in [3.05, 3.63) is 62.6 Å². The molecule has 1 heterocycles. The third kappa shape index (κ3) is 4.68. The Kier molecular flexibility index (Phi) is 6.53. The Bertz CT molecular complexity index is 1000. The number of hydrogen-bond donors (Lipinski definition) is 0. The summed E-state index contributed by atoms with van der Waals surface area (Å²) < 4.78 is 55.5. The molecular weight excluding hydrogens is 444 g/mol. The van der Waals surface area contributed by atoms with E-state index in [1.807, 2.05) is 0 Å². The highest BCUT2D eigenvalue weighted by atomic mass is 35.5. The molecule has 0 radical (unpaired) electrons. The van der Waals surface area contributed by atoms with E-state index in [9.17, 15) is 18.0 Å². The maximum Gasteiger partial charge on any atom is 0.430 e. The lowest BCUT2D eigenvalue weighted by molar-refractivity contribution is -0.187. The van der Waals surface area contributed by atoms with Gasteiger partial charge in [-0.15, -0.1) is 0 Å². The van der Waals surface area contributed by atoms with Gasteiger partial charge in [0, 0.05) is 10.6 Å². The van der Waals surface area contributed by atoms with Crippen LogP contribution < -0.4 is 9.47 Å². The van der Waals surface area contributed by atoms with Crippen molar-refractivity contribution < 1.29 is 32.2 Å². The second-order valence-corrected chi connectivity index (χ2v) is 7.30. The lowest BCUT2D eigenvalue weighted by atomic mass is 9.97. The maximum absolute atomic E-state index is 13.5. The van der Waals surface area contributed by atoms with Crippen LogP contribution in [-0.2, 0) is 16.0 Å². The summed E-state index contributed by atoms with van der Waals surface area (Å²) in [6, 6.07) is 8.05. The first kappa shape index (κ1) is 22.3. The average molecular weight is 461 g/mol. The molecule has 160 valence electrons. The zero-order valence-corrected chi connectivity index (χ0v) is 17.5. The second-order valence-electron chi connectivity index (χ2n) is 6.49. The molecule has 1 atom stereocenters. The molecule has 0 bridgehead atoms. The van der Waals surface area contributed by atoms with Gasteiger partial charge in [0.05, 0.1) is 24.3 Å². The van der Waals surface area contributed by atoms with Crippen molar-refractivity contribution in [1.82, 2.24) is 0 Å². The van der Waals surface area contributed by atoms with Gasteiger partial charge in [-0.1, -0.05) is 29.3 Å². The molecule has 0 amide bonds. The fourth-order valence-corrected chi connectivity index (χ4v) is 3.58. The Balaban J connectivity index is 1.98. The third-order valence-electron chi connectivity index (χ3n) is 4.44.